The van der Waals surface area contributed by atoms with E-state index in [0.717, 1.165) is 0 Å². The first-order chi connectivity index (χ1) is 9.23. The first-order valence-corrected chi connectivity index (χ1v) is 7.49. The summed E-state index contributed by atoms with van der Waals surface area (Å²) in [7, 11) is 0. The highest BCUT2D eigenvalue weighted by Crippen LogP contribution is 2.79. The van der Waals surface area contributed by atoms with Crippen LogP contribution >= 0.6 is 46.4 Å². The number of carbonyl (C=O) groups excluding carboxylic acids is 1. The zero-order valence-corrected chi connectivity index (χ0v) is 13.6. The van der Waals surface area contributed by atoms with E-state index in [2.05, 4.69) is 5.10 Å². The number of hydrogen-bond acceptors (Lipinski definition) is 4. The van der Waals surface area contributed by atoms with Crippen molar-refractivity contribution in [2.45, 2.75) is 34.1 Å². The Kier molecular flexibility index (Phi) is 2.98. The van der Waals surface area contributed by atoms with E-state index in [0.29, 0.717) is 12.5 Å². The van der Waals surface area contributed by atoms with Gasteiger partial charge in [-0.05, 0) is 6.92 Å². The summed E-state index contributed by atoms with van der Waals surface area (Å²) in [6.45, 7) is 3.64. The van der Waals surface area contributed by atoms with Gasteiger partial charge in [-0.3, -0.25) is 4.79 Å². The first kappa shape index (κ1) is 14.6. The Morgan fingerprint density at radius 3 is 2.65 bits per heavy atom. The van der Waals surface area contributed by atoms with Gasteiger partial charge >= 0.3 is 0 Å². The molecule has 2 fully saturated rings. The summed E-state index contributed by atoms with van der Waals surface area (Å²) < 4.78 is 3.86. The molecule has 1 saturated carbocycles. The summed E-state index contributed by atoms with van der Waals surface area (Å²) in [5.41, 5.74) is 0. The second kappa shape index (κ2) is 4.09. The monoisotopic (exact) mass is 357 g/mol. The van der Waals surface area contributed by atoms with E-state index < -0.39 is 20.2 Å². The maximum absolute atomic E-state index is 11.9. The lowest BCUT2D eigenvalue weighted by molar-refractivity contribution is -0.148. The molecule has 0 unspecified atom stereocenters. The fourth-order valence-electron chi connectivity index (χ4n) is 2.73. The minimum absolute atomic E-state index is 0.356. The molecule has 9 heteroatoms. The molecular weight excluding hydrogens is 348 g/mol. The molecule has 0 radical (unpaired) electrons. The Hall–Kier alpha value is -0.360. The lowest BCUT2D eigenvalue weighted by Gasteiger charge is -2.36. The Labute approximate surface area is 136 Å². The average Bonchev–Trinajstić information content (AvgIpc) is 2.61. The Morgan fingerprint density at radius 1 is 1.45 bits per heavy atom. The molecule has 5 nitrogen and oxygen atoms in total. The van der Waals surface area contributed by atoms with Crippen molar-refractivity contribution in [3.8, 4) is 0 Å². The maximum Gasteiger partial charge on any atom is 0.241 e. The van der Waals surface area contributed by atoms with Crippen LogP contribution in [0, 0.1) is 0 Å². The smallest absolute Gasteiger partial charge is 0.241 e. The Morgan fingerprint density at radius 2 is 2.10 bits per heavy atom. The van der Waals surface area contributed by atoms with Gasteiger partial charge in [-0.1, -0.05) is 40.9 Å². The summed E-state index contributed by atoms with van der Waals surface area (Å²) in [4.78, 5) is 9.27. The summed E-state index contributed by atoms with van der Waals surface area (Å²) in [6, 6.07) is -0.523. The highest BCUT2D eigenvalue weighted by Gasteiger charge is 2.97. The first-order valence-electron chi connectivity index (χ1n) is 5.98. The van der Waals surface area contributed by atoms with Gasteiger partial charge in [-0.2, -0.15) is 5.12 Å². The number of hydrazone groups is 1. The summed E-state index contributed by atoms with van der Waals surface area (Å²) in [5, 5.41) is 6.81. The predicted octanol–water partition coefficient (Wildman–Crippen LogP) is 2.45. The van der Waals surface area contributed by atoms with Gasteiger partial charge in [-0.15, -0.1) is 16.7 Å². The molecule has 0 aromatic rings. The van der Waals surface area contributed by atoms with Crippen LogP contribution in [-0.2, 0) is 9.53 Å². The van der Waals surface area contributed by atoms with Crippen LogP contribution in [0.1, 0.15) is 13.8 Å². The van der Waals surface area contributed by atoms with E-state index in [1.54, 1.807) is 12.2 Å². The molecule has 2 heterocycles. The van der Waals surface area contributed by atoms with Gasteiger partial charge < -0.3 is 4.74 Å². The van der Waals surface area contributed by atoms with Crippen molar-refractivity contribution in [3.05, 3.63) is 12.2 Å². The van der Waals surface area contributed by atoms with Gasteiger partial charge in [0, 0.05) is 13.0 Å². The summed E-state index contributed by atoms with van der Waals surface area (Å²) >= 11 is 25.4. The molecule has 0 bridgehead atoms. The maximum atomic E-state index is 11.9. The van der Waals surface area contributed by atoms with Crippen LogP contribution in [0.5, 0.6) is 0 Å². The lowest BCUT2D eigenvalue weighted by Crippen LogP contribution is -2.51. The van der Waals surface area contributed by atoms with Crippen molar-refractivity contribution in [2.24, 2.45) is 5.10 Å². The van der Waals surface area contributed by atoms with E-state index in [1.807, 2.05) is 6.92 Å². The molecule has 0 N–H and O–H groups in total. The second-order valence-electron chi connectivity index (χ2n) is 4.73. The third-order valence-corrected chi connectivity index (χ3v) is 6.81. The number of amides is 1. The summed E-state index contributed by atoms with van der Waals surface area (Å²) in [5.74, 6) is 0.0113. The molecule has 3 atom stereocenters. The van der Waals surface area contributed by atoms with Crippen molar-refractivity contribution in [2.75, 3.05) is 6.61 Å². The van der Waals surface area contributed by atoms with Crippen molar-refractivity contribution < 1.29 is 9.53 Å². The number of alkyl halides is 4. The molecule has 3 aliphatic rings. The number of nitrogens with zero attached hydrogens (tertiary/aromatic N) is 3. The van der Waals surface area contributed by atoms with E-state index in [1.165, 1.54) is 17.1 Å². The molecule has 3 rings (SSSR count). The van der Waals surface area contributed by atoms with Gasteiger partial charge in [0.15, 0.2) is 14.2 Å². The van der Waals surface area contributed by atoms with Gasteiger partial charge in [-0.25, -0.2) is 5.01 Å². The fraction of sp³-hybridized carbons (Fsp3) is 0.636. The molecule has 0 aromatic carbocycles. The minimum Gasteiger partial charge on any atom is -0.477 e. The Balaban J connectivity index is 2.06. The number of carbonyl (C=O) groups is 1. The number of rotatable bonds is 1. The molecule has 110 valence electrons. The van der Waals surface area contributed by atoms with Crippen LogP contribution in [0.3, 0.4) is 0 Å². The molecule has 0 aromatic heterocycles. The third-order valence-electron chi connectivity index (χ3n) is 3.66. The van der Waals surface area contributed by atoms with E-state index in [9.17, 15) is 4.79 Å². The normalized spacial score (nSPS) is 40.1. The number of hydrazine groups is 1. The fourth-order valence-corrected chi connectivity index (χ4v) is 4.85. The van der Waals surface area contributed by atoms with Crippen LogP contribution in [0.2, 0.25) is 0 Å². The number of fused-ring (bicyclic) bond motifs is 3. The van der Waals surface area contributed by atoms with E-state index in [4.69, 9.17) is 51.1 Å². The summed E-state index contributed by atoms with van der Waals surface area (Å²) in [6.07, 6.45) is 3.40. The third kappa shape index (κ3) is 1.33. The van der Waals surface area contributed by atoms with E-state index >= 15 is 0 Å². The van der Waals surface area contributed by atoms with Crippen LogP contribution in [-0.4, -0.2) is 48.8 Å². The highest BCUT2D eigenvalue weighted by atomic mass is 35.5. The molecular formula is C11H11Cl4N3O2. The van der Waals surface area contributed by atoms with Gasteiger partial charge in [0.2, 0.25) is 11.8 Å². The second-order valence-corrected chi connectivity index (χ2v) is 7.21. The molecule has 1 saturated heterocycles. The van der Waals surface area contributed by atoms with Crippen LogP contribution in [0.4, 0.5) is 0 Å². The van der Waals surface area contributed by atoms with Gasteiger partial charge in [0.1, 0.15) is 6.04 Å². The number of ether oxygens (including phenoxy) is 1. The standard InChI is InChI=1S/C11H11Cl4N3O2/c1-3-20-8-5-4-7-9(12)10(13,14)11(9,15)17(6(2)19)18(7)16-8/h4-5,7H,3H2,1-2H3/t7-,9-,11+/m1/s1. The lowest BCUT2D eigenvalue weighted by atomic mass is 10.1. The quantitative estimate of drug-likeness (QED) is 0.534. The molecule has 2 aliphatic heterocycles. The van der Waals surface area contributed by atoms with Gasteiger partial charge in [0.05, 0.1) is 6.61 Å². The zero-order valence-electron chi connectivity index (χ0n) is 10.6. The highest BCUT2D eigenvalue weighted by molar-refractivity contribution is 6.66. The number of hydrogen-bond donors (Lipinski definition) is 0. The minimum atomic E-state index is -1.46. The predicted molar refractivity (Wildman–Crippen MR) is 78.0 cm³/mol. The van der Waals surface area contributed by atoms with Gasteiger partial charge in [0.25, 0.3) is 0 Å². The van der Waals surface area contributed by atoms with E-state index in [-0.39, 0.29) is 5.91 Å². The number of halogens is 4. The average molecular weight is 359 g/mol. The largest absolute Gasteiger partial charge is 0.477 e. The van der Waals surface area contributed by atoms with Crippen LogP contribution in [0.15, 0.2) is 17.3 Å². The van der Waals surface area contributed by atoms with Crippen molar-refractivity contribution in [3.63, 3.8) is 0 Å². The van der Waals surface area contributed by atoms with Crippen molar-refractivity contribution in [1.82, 2.24) is 10.1 Å². The van der Waals surface area contributed by atoms with Crippen LogP contribution < -0.4 is 0 Å². The molecule has 1 aliphatic carbocycles. The molecule has 0 spiro atoms. The van der Waals surface area contributed by atoms with Crippen molar-refractivity contribution in [1.29, 1.82) is 0 Å². The van der Waals surface area contributed by atoms with Crippen LogP contribution in [0.25, 0.3) is 0 Å². The Bertz CT molecular complexity index is 552. The van der Waals surface area contributed by atoms with Crippen molar-refractivity contribution >= 4 is 58.2 Å². The molecule has 1 amide bonds. The SMILES string of the molecule is CCOC1=NN2[C@H](C=C1)[C@@]1(Cl)C(Cl)(Cl)[C@@]1(Cl)N2C(C)=O. The molecule has 20 heavy (non-hydrogen) atoms. The topological polar surface area (TPSA) is 45.1 Å². The zero-order chi connectivity index (χ0) is 14.9.